The molecule has 0 bridgehead atoms. The van der Waals surface area contributed by atoms with Crippen LogP contribution in [0.2, 0.25) is 5.02 Å². The lowest BCUT2D eigenvalue weighted by atomic mass is 9.95. The number of hydrogen-bond donors (Lipinski definition) is 2. The zero-order valence-corrected chi connectivity index (χ0v) is 16.7. The van der Waals surface area contributed by atoms with Gasteiger partial charge in [0.1, 0.15) is 18.1 Å². The van der Waals surface area contributed by atoms with Crippen molar-refractivity contribution in [2.24, 2.45) is 0 Å². The monoisotopic (exact) mass is 415 g/mol. The zero-order chi connectivity index (χ0) is 21.0. The summed E-state index contributed by atoms with van der Waals surface area (Å²) in [5.74, 6) is -1.11. The van der Waals surface area contributed by atoms with E-state index in [1.807, 2.05) is 6.92 Å². The third-order valence-electron chi connectivity index (χ3n) is 4.66. The van der Waals surface area contributed by atoms with Gasteiger partial charge in [-0.15, -0.1) is 0 Å². The maximum atomic E-state index is 12.8. The summed E-state index contributed by atoms with van der Waals surface area (Å²) in [4.78, 5) is 27.0. The topological polar surface area (TPSA) is 87.1 Å². The fourth-order valence-electron chi connectivity index (χ4n) is 3.40. The van der Waals surface area contributed by atoms with E-state index in [0.717, 1.165) is 0 Å². The molecule has 3 rings (SSSR count). The molecule has 0 aliphatic carbocycles. The normalized spacial score (nSPS) is 18.3. The Kier molecular flexibility index (Phi) is 6.56. The molecule has 1 fully saturated rings. The number of aliphatic hydroxyl groups excluding tert-OH is 2. The Bertz CT molecular complexity index is 938. The molecule has 2 aromatic carbocycles. The summed E-state index contributed by atoms with van der Waals surface area (Å²) < 4.78 is 5.47. The number of halogens is 1. The van der Waals surface area contributed by atoms with Gasteiger partial charge >= 0.3 is 0 Å². The van der Waals surface area contributed by atoms with Crippen molar-refractivity contribution in [1.82, 2.24) is 4.90 Å². The van der Waals surface area contributed by atoms with E-state index >= 15 is 0 Å². The average Bonchev–Trinajstić information content (AvgIpc) is 2.98. The number of benzene rings is 2. The third kappa shape index (κ3) is 4.28. The summed E-state index contributed by atoms with van der Waals surface area (Å²) in [7, 11) is 0. The maximum absolute atomic E-state index is 12.8. The van der Waals surface area contributed by atoms with Gasteiger partial charge in [-0.05, 0) is 48.4 Å². The lowest BCUT2D eigenvalue weighted by Crippen LogP contribution is -2.30. The van der Waals surface area contributed by atoms with Crippen LogP contribution in [0.5, 0.6) is 5.75 Å². The highest BCUT2D eigenvalue weighted by Crippen LogP contribution is 2.40. The predicted molar refractivity (Wildman–Crippen MR) is 110 cm³/mol. The third-order valence-corrected chi connectivity index (χ3v) is 4.91. The number of likely N-dealkylation sites (tertiary alicyclic amines) is 1. The summed E-state index contributed by atoms with van der Waals surface area (Å²) in [6.45, 7) is 2.28. The molecule has 1 atom stereocenters. The molecule has 2 aromatic rings. The SMILES string of the molecule is CCCN1C(=O)C(=O)/C(=C(\O)c2ccc(Cl)cc2)C1c1cccc(OCCO)c1. The highest BCUT2D eigenvalue weighted by atomic mass is 35.5. The van der Waals surface area contributed by atoms with Gasteiger partial charge in [0.2, 0.25) is 0 Å². The van der Waals surface area contributed by atoms with Crippen LogP contribution in [-0.4, -0.2) is 46.6 Å². The number of aliphatic hydroxyl groups is 2. The first-order valence-electron chi connectivity index (χ1n) is 9.36. The number of rotatable bonds is 7. The molecular formula is C22H22ClNO5. The molecule has 0 spiro atoms. The van der Waals surface area contributed by atoms with E-state index in [9.17, 15) is 14.7 Å². The van der Waals surface area contributed by atoms with Crippen LogP contribution in [0.25, 0.3) is 5.76 Å². The fourth-order valence-corrected chi connectivity index (χ4v) is 3.53. The lowest BCUT2D eigenvalue weighted by Gasteiger charge is -2.25. The van der Waals surface area contributed by atoms with Crippen molar-refractivity contribution in [2.75, 3.05) is 19.8 Å². The second kappa shape index (κ2) is 9.11. The van der Waals surface area contributed by atoms with Gasteiger partial charge in [-0.3, -0.25) is 9.59 Å². The summed E-state index contributed by atoms with van der Waals surface area (Å²) in [5.41, 5.74) is 1.08. The van der Waals surface area contributed by atoms with Crippen LogP contribution in [0.1, 0.15) is 30.5 Å². The molecule has 0 aromatic heterocycles. The van der Waals surface area contributed by atoms with Gasteiger partial charge in [-0.2, -0.15) is 0 Å². The average molecular weight is 416 g/mol. The molecule has 2 N–H and O–H groups in total. The fraction of sp³-hybridized carbons (Fsp3) is 0.273. The van der Waals surface area contributed by atoms with Crippen LogP contribution >= 0.6 is 11.6 Å². The molecule has 1 aliphatic rings. The number of amides is 1. The predicted octanol–water partition coefficient (Wildman–Crippen LogP) is 3.54. The number of carbonyl (C=O) groups excluding carboxylic acids is 2. The van der Waals surface area contributed by atoms with Gasteiger partial charge in [-0.1, -0.05) is 30.7 Å². The minimum absolute atomic E-state index is 0.0325. The number of carbonyl (C=O) groups is 2. The Balaban J connectivity index is 2.12. The van der Waals surface area contributed by atoms with Crippen molar-refractivity contribution >= 4 is 29.1 Å². The molecule has 0 radical (unpaired) electrons. The standard InChI is InChI=1S/C22H22ClNO5/c1-2-10-24-19(15-4-3-5-17(13-15)29-12-11-25)18(21(27)22(24)28)20(26)14-6-8-16(23)9-7-14/h3-9,13,19,25-26H,2,10-12H2,1H3/b20-18-. The van der Waals surface area contributed by atoms with Crippen molar-refractivity contribution in [2.45, 2.75) is 19.4 Å². The van der Waals surface area contributed by atoms with Gasteiger partial charge in [0, 0.05) is 17.1 Å². The Morgan fingerprint density at radius 3 is 2.55 bits per heavy atom. The number of hydrogen-bond acceptors (Lipinski definition) is 5. The van der Waals surface area contributed by atoms with E-state index in [1.165, 1.54) is 4.90 Å². The largest absolute Gasteiger partial charge is 0.507 e. The highest BCUT2D eigenvalue weighted by molar-refractivity contribution is 6.46. The minimum atomic E-state index is -0.733. The number of ketones is 1. The van der Waals surface area contributed by atoms with Crippen LogP contribution in [0.4, 0.5) is 0 Å². The molecule has 1 aliphatic heterocycles. The Hall–Kier alpha value is -2.83. The Morgan fingerprint density at radius 1 is 1.17 bits per heavy atom. The highest BCUT2D eigenvalue weighted by Gasteiger charge is 2.45. The van der Waals surface area contributed by atoms with Crippen LogP contribution < -0.4 is 4.74 Å². The second-order valence-corrected chi connectivity index (χ2v) is 7.08. The zero-order valence-electron chi connectivity index (χ0n) is 16.0. The Morgan fingerprint density at radius 2 is 1.90 bits per heavy atom. The van der Waals surface area contributed by atoms with Crippen molar-refractivity contribution < 1.29 is 24.5 Å². The first-order valence-corrected chi connectivity index (χ1v) is 9.73. The summed E-state index contributed by atoms with van der Waals surface area (Å²) in [6.07, 6.45) is 0.658. The molecule has 6 nitrogen and oxygen atoms in total. The van der Waals surface area contributed by atoms with Crippen LogP contribution in [0.3, 0.4) is 0 Å². The smallest absolute Gasteiger partial charge is 0.295 e. The van der Waals surface area contributed by atoms with Gasteiger partial charge in [0.15, 0.2) is 0 Å². The molecule has 1 heterocycles. The molecule has 7 heteroatoms. The van der Waals surface area contributed by atoms with E-state index in [0.29, 0.717) is 34.9 Å². The molecule has 1 amide bonds. The summed E-state index contributed by atoms with van der Waals surface area (Å²) in [5, 5.41) is 20.4. The molecule has 29 heavy (non-hydrogen) atoms. The Labute approximate surface area is 174 Å². The lowest BCUT2D eigenvalue weighted by molar-refractivity contribution is -0.139. The van der Waals surface area contributed by atoms with E-state index in [4.69, 9.17) is 21.4 Å². The van der Waals surface area contributed by atoms with Crippen molar-refractivity contribution in [1.29, 1.82) is 0 Å². The van der Waals surface area contributed by atoms with Gasteiger partial charge < -0.3 is 19.8 Å². The molecule has 1 unspecified atom stereocenters. The molecular weight excluding hydrogens is 394 g/mol. The molecule has 1 saturated heterocycles. The quantitative estimate of drug-likeness (QED) is 0.410. The van der Waals surface area contributed by atoms with Gasteiger partial charge in [0.05, 0.1) is 18.2 Å². The first-order chi connectivity index (χ1) is 14.0. The van der Waals surface area contributed by atoms with Crippen LogP contribution in [0.15, 0.2) is 54.1 Å². The van der Waals surface area contributed by atoms with Crippen LogP contribution in [-0.2, 0) is 9.59 Å². The molecule has 152 valence electrons. The number of ether oxygens (including phenoxy) is 1. The van der Waals surface area contributed by atoms with E-state index in [2.05, 4.69) is 0 Å². The first kappa shape index (κ1) is 20.9. The van der Waals surface area contributed by atoms with E-state index < -0.39 is 17.7 Å². The van der Waals surface area contributed by atoms with Crippen molar-refractivity contribution in [3.63, 3.8) is 0 Å². The minimum Gasteiger partial charge on any atom is -0.507 e. The summed E-state index contributed by atoms with van der Waals surface area (Å²) in [6, 6.07) is 12.6. The molecule has 0 saturated carbocycles. The van der Waals surface area contributed by atoms with Crippen molar-refractivity contribution in [3.05, 3.63) is 70.3 Å². The van der Waals surface area contributed by atoms with Gasteiger partial charge in [-0.25, -0.2) is 0 Å². The summed E-state index contributed by atoms with van der Waals surface area (Å²) >= 11 is 5.92. The maximum Gasteiger partial charge on any atom is 0.295 e. The number of nitrogens with zero attached hydrogens (tertiary/aromatic N) is 1. The van der Waals surface area contributed by atoms with E-state index in [-0.39, 0.29) is 24.5 Å². The van der Waals surface area contributed by atoms with Crippen molar-refractivity contribution in [3.8, 4) is 5.75 Å². The van der Waals surface area contributed by atoms with Crippen LogP contribution in [0, 0.1) is 0 Å². The second-order valence-electron chi connectivity index (χ2n) is 6.64. The number of Topliss-reactive ketones (excluding diaryl/α,β-unsaturated/α-hetero) is 1. The van der Waals surface area contributed by atoms with E-state index in [1.54, 1.807) is 48.5 Å². The van der Waals surface area contributed by atoms with Gasteiger partial charge in [0.25, 0.3) is 11.7 Å².